The van der Waals surface area contributed by atoms with Crippen LogP contribution in [0.15, 0.2) is 95.6 Å². The van der Waals surface area contributed by atoms with Gasteiger partial charge in [0.2, 0.25) is 17.6 Å². The van der Waals surface area contributed by atoms with Crippen LogP contribution in [0.25, 0.3) is 22.6 Å². The molecule has 1 amide bonds. The van der Waals surface area contributed by atoms with Crippen molar-refractivity contribution < 1.29 is 13.7 Å². The summed E-state index contributed by atoms with van der Waals surface area (Å²) in [6.07, 6.45) is 3.36. The molecular formula is C29H26FN5O2. The molecule has 0 aliphatic rings. The monoisotopic (exact) mass is 495 g/mol. The molecule has 3 aromatic carbocycles. The fraction of sp³-hybridized carbons (Fsp3) is 0.172. The normalized spacial score (nSPS) is 10.9. The van der Waals surface area contributed by atoms with E-state index in [4.69, 9.17) is 9.62 Å². The SMILES string of the molecule is O=C(CCCc1nc(-c2ccc(F)cc2)no1)NCc1cn(Cc2ccccc2)nc1-c1ccccc1. The van der Waals surface area contributed by atoms with Gasteiger partial charge in [-0.1, -0.05) is 65.8 Å². The maximum absolute atomic E-state index is 13.1. The highest BCUT2D eigenvalue weighted by Gasteiger charge is 2.14. The molecule has 5 aromatic rings. The average molecular weight is 496 g/mol. The highest BCUT2D eigenvalue weighted by Crippen LogP contribution is 2.22. The number of aromatic nitrogens is 4. The van der Waals surface area contributed by atoms with Crippen molar-refractivity contribution in [1.82, 2.24) is 25.2 Å². The third-order valence-corrected chi connectivity index (χ3v) is 5.91. The Morgan fingerprint density at radius 2 is 1.65 bits per heavy atom. The van der Waals surface area contributed by atoms with Gasteiger partial charge in [-0.3, -0.25) is 9.48 Å². The van der Waals surface area contributed by atoms with E-state index in [-0.39, 0.29) is 11.7 Å². The number of rotatable bonds is 10. The standard InChI is InChI=1S/C29H26FN5O2/c30-25-16-14-23(15-17-25)29-32-27(37-34-29)13-7-12-26(36)31-18-24-20-35(19-21-8-3-1-4-9-21)33-28(24)22-10-5-2-6-11-22/h1-6,8-11,14-17,20H,7,12-13,18-19H2,(H,31,36). The van der Waals surface area contributed by atoms with E-state index in [0.717, 1.165) is 22.4 Å². The molecule has 0 aliphatic heterocycles. The number of carbonyl (C=O) groups excluding carboxylic acids is 1. The van der Waals surface area contributed by atoms with Gasteiger partial charge in [0, 0.05) is 42.3 Å². The summed E-state index contributed by atoms with van der Waals surface area (Å²) in [6.45, 7) is 1.03. The van der Waals surface area contributed by atoms with Crippen LogP contribution in [-0.2, 0) is 24.3 Å². The van der Waals surface area contributed by atoms with E-state index < -0.39 is 0 Å². The van der Waals surface area contributed by atoms with Gasteiger partial charge in [0.15, 0.2) is 0 Å². The number of halogens is 1. The minimum Gasteiger partial charge on any atom is -0.352 e. The highest BCUT2D eigenvalue weighted by molar-refractivity contribution is 5.76. The molecule has 0 spiro atoms. The minimum absolute atomic E-state index is 0.0619. The third-order valence-electron chi connectivity index (χ3n) is 5.91. The molecule has 0 unspecified atom stereocenters. The fourth-order valence-corrected chi connectivity index (χ4v) is 4.04. The van der Waals surface area contributed by atoms with Crippen LogP contribution in [0, 0.1) is 5.82 Å². The molecule has 0 atom stereocenters. The number of amides is 1. The molecule has 7 nitrogen and oxygen atoms in total. The van der Waals surface area contributed by atoms with Crippen LogP contribution in [0.3, 0.4) is 0 Å². The van der Waals surface area contributed by atoms with Crippen LogP contribution >= 0.6 is 0 Å². The molecular weight excluding hydrogens is 469 g/mol. The van der Waals surface area contributed by atoms with Gasteiger partial charge in [0.25, 0.3) is 0 Å². The predicted octanol–water partition coefficient (Wildman–Crippen LogP) is 5.43. The molecule has 37 heavy (non-hydrogen) atoms. The second-order valence-corrected chi connectivity index (χ2v) is 8.70. The number of nitrogens with zero attached hydrogens (tertiary/aromatic N) is 4. The molecule has 0 saturated carbocycles. The van der Waals surface area contributed by atoms with Crippen molar-refractivity contribution in [2.24, 2.45) is 0 Å². The summed E-state index contributed by atoms with van der Waals surface area (Å²) in [7, 11) is 0. The lowest BCUT2D eigenvalue weighted by Crippen LogP contribution is -2.22. The largest absolute Gasteiger partial charge is 0.352 e. The van der Waals surface area contributed by atoms with Crippen LogP contribution in [-0.4, -0.2) is 25.8 Å². The van der Waals surface area contributed by atoms with Gasteiger partial charge in [-0.15, -0.1) is 0 Å². The van der Waals surface area contributed by atoms with Crippen LogP contribution < -0.4 is 5.32 Å². The van der Waals surface area contributed by atoms with E-state index in [0.29, 0.717) is 49.6 Å². The summed E-state index contributed by atoms with van der Waals surface area (Å²) in [5.74, 6) is 0.465. The van der Waals surface area contributed by atoms with E-state index in [1.54, 1.807) is 12.1 Å². The number of aryl methyl sites for hydroxylation is 1. The van der Waals surface area contributed by atoms with Crippen LogP contribution in [0.5, 0.6) is 0 Å². The summed E-state index contributed by atoms with van der Waals surface area (Å²) in [5.41, 5.74) is 4.65. The van der Waals surface area contributed by atoms with Crippen molar-refractivity contribution >= 4 is 5.91 Å². The lowest BCUT2D eigenvalue weighted by molar-refractivity contribution is -0.121. The molecule has 1 N–H and O–H groups in total. The molecule has 0 bridgehead atoms. The van der Waals surface area contributed by atoms with E-state index >= 15 is 0 Å². The Labute approximate surface area is 214 Å². The van der Waals surface area contributed by atoms with Crippen molar-refractivity contribution in [2.45, 2.75) is 32.4 Å². The summed E-state index contributed by atoms with van der Waals surface area (Å²) in [4.78, 5) is 16.9. The van der Waals surface area contributed by atoms with Crippen molar-refractivity contribution in [3.05, 3.63) is 114 Å². The number of hydrogen-bond donors (Lipinski definition) is 1. The molecule has 2 aromatic heterocycles. The first-order valence-electron chi connectivity index (χ1n) is 12.1. The van der Waals surface area contributed by atoms with Gasteiger partial charge >= 0.3 is 0 Å². The quantitative estimate of drug-likeness (QED) is 0.279. The highest BCUT2D eigenvalue weighted by atomic mass is 19.1. The zero-order chi connectivity index (χ0) is 25.5. The Morgan fingerprint density at radius 1 is 0.919 bits per heavy atom. The van der Waals surface area contributed by atoms with E-state index in [9.17, 15) is 9.18 Å². The molecule has 5 rings (SSSR count). The summed E-state index contributed by atoms with van der Waals surface area (Å²) < 4.78 is 20.3. The summed E-state index contributed by atoms with van der Waals surface area (Å²) in [6, 6.07) is 26.0. The first-order valence-corrected chi connectivity index (χ1v) is 12.1. The Bertz CT molecular complexity index is 1450. The average Bonchev–Trinajstić information content (AvgIpc) is 3.56. The van der Waals surface area contributed by atoms with Gasteiger partial charge in [-0.2, -0.15) is 10.1 Å². The molecule has 0 fully saturated rings. The summed E-state index contributed by atoms with van der Waals surface area (Å²) >= 11 is 0. The minimum atomic E-state index is -0.321. The molecule has 8 heteroatoms. The van der Waals surface area contributed by atoms with Crippen molar-refractivity contribution in [1.29, 1.82) is 0 Å². The fourth-order valence-electron chi connectivity index (χ4n) is 4.04. The van der Waals surface area contributed by atoms with Crippen molar-refractivity contribution in [3.8, 4) is 22.6 Å². The van der Waals surface area contributed by atoms with E-state index in [2.05, 4.69) is 27.6 Å². The molecule has 2 heterocycles. The van der Waals surface area contributed by atoms with Gasteiger partial charge in [-0.05, 0) is 36.2 Å². The van der Waals surface area contributed by atoms with Gasteiger partial charge in [0.1, 0.15) is 5.82 Å². The van der Waals surface area contributed by atoms with Crippen LogP contribution in [0.4, 0.5) is 4.39 Å². The maximum Gasteiger partial charge on any atom is 0.226 e. The number of carbonyl (C=O) groups is 1. The van der Waals surface area contributed by atoms with Crippen LogP contribution in [0.1, 0.15) is 29.9 Å². The smallest absolute Gasteiger partial charge is 0.226 e. The first kappa shape index (κ1) is 24.1. The molecule has 0 aliphatic carbocycles. The number of hydrogen-bond acceptors (Lipinski definition) is 5. The van der Waals surface area contributed by atoms with Gasteiger partial charge in [0.05, 0.1) is 12.2 Å². The third kappa shape index (κ3) is 6.35. The van der Waals surface area contributed by atoms with Crippen molar-refractivity contribution in [2.75, 3.05) is 0 Å². The molecule has 186 valence electrons. The van der Waals surface area contributed by atoms with Gasteiger partial charge < -0.3 is 9.84 Å². The lowest BCUT2D eigenvalue weighted by atomic mass is 10.1. The number of nitrogens with one attached hydrogen (secondary N) is 1. The first-order chi connectivity index (χ1) is 18.1. The molecule has 0 saturated heterocycles. The molecule has 0 radical (unpaired) electrons. The zero-order valence-corrected chi connectivity index (χ0v) is 20.2. The Hall–Kier alpha value is -4.59. The van der Waals surface area contributed by atoms with Crippen LogP contribution in [0.2, 0.25) is 0 Å². The van der Waals surface area contributed by atoms with Gasteiger partial charge in [-0.25, -0.2) is 4.39 Å². The Morgan fingerprint density at radius 3 is 2.41 bits per heavy atom. The predicted molar refractivity (Wildman–Crippen MR) is 138 cm³/mol. The number of benzene rings is 3. The van der Waals surface area contributed by atoms with E-state index in [1.807, 2.05) is 59.4 Å². The Balaban J connectivity index is 1.17. The zero-order valence-electron chi connectivity index (χ0n) is 20.2. The second kappa shape index (κ2) is 11.4. The maximum atomic E-state index is 13.1. The topological polar surface area (TPSA) is 85.8 Å². The lowest BCUT2D eigenvalue weighted by Gasteiger charge is -2.05. The Kier molecular flexibility index (Phi) is 7.45. The van der Waals surface area contributed by atoms with E-state index in [1.165, 1.54) is 12.1 Å². The second-order valence-electron chi connectivity index (χ2n) is 8.70. The van der Waals surface area contributed by atoms with Crippen molar-refractivity contribution in [3.63, 3.8) is 0 Å². The summed E-state index contributed by atoms with van der Waals surface area (Å²) in [5, 5.41) is 11.8.